The fraction of sp³-hybridized carbons (Fsp3) is 0.500. The Labute approximate surface area is 204 Å². The predicted octanol–water partition coefficient (Wildman–Crippen LogP) is 2.87. The standard InChI is InChI=1S/C24H32N4O7/c29-27(30)23-7-3-1-5-21(23)19-25-9-13-33-14-10-26(12-16-35-18-17-34-15-11-25)20-22-6-2-4-8-24(22)28(31)32/h1-8H,9-20H2. The third-order valence-corrected chi connectivity index (χ3v) is 5.74. The Morgan fingerprint density at radius 1 is 0.600 bits per heavy atom. The largest absolute Gasteiger partial charge is 0.379 e. The fourth-order valence-corrected chi connectivity index (χ4v) is 3.87. The quantitative estimate of drug-likeness (QED) is 0.446. The second kappa shape index (κ2) is 14.4. The van der Waals surface area contributed by atoms with E-state index < -0.39 is 0 Å². The number of rotatable bonds is 6. The summed E-state index contributed by atoms with van der Waals surface area (Å²) in [6, 6.07) is 13.5. The Morgan fingerprint density at radius 2 is 0.943 bits per heavy atom. The van der Waals surface area contributed by atoms with Gasteiger partial charge in [0.1, 0.15) is 0 Å². The van der Waals surface area contributed by atoms with Crippen molar-refractivity contribution in [1.82, 2.24) is 9.80 Å². The van der Waals surface area contributed by atoms with Gasteiger partial charge in [-0.2, -0.15) is 0 Å². The predicted molar refractivity (Wildman–Crippen MR) is 129 cm³/mol. The van der Waals surface area contributed by atoms with E-state index in [1.807, 2.05) is 0 Å². The molecule has 0 N–H and O–H groups in total. The van der Waals surface area contributed by atoms with Crippen LogP contribution in [0.1, 0.15) is 11.1 Å². The first-order chi connectivity index (χ1) is 17.0. The average Bonchev–Trinajstić information content (AvgIpc) is 2.85. The van der Waals surface area contributed by atoms with Gasteiger partial charge in [0, 0.05) is 62.5 Å². The molecule has 0 spiro atoms. The summed E-state index contributed by atoms with van der Waals surface area (Å²) in [6.07, 6.45) is 0. The number of nitro groups is 2. The molecule has 2 aromatic rings. The van der Waals surface area contributed by atoms with Gasteiger partial charge in [-0.25, -0.2) is 0 Å². The van der Waals surface area contributed by atoms with Gasteiger partial charge in [-0.15, -0.1) is 0 Å². The molecule has 1 heterocycles. The van der Waals surface area contributed by atoms with Crippen molar-refractivity contribution >= 4 is 11.4 Å². The summed E-state index contributed by atoms with van der Waals surface area (Å²) in [7, 11) is 0. The first kappa shape index (κ1) is 26.6. The molecule has 0 atom stereocenters. The van der Waals surface area contributed by atoms with E-state index in [9.17, 15) is 20.2 Å². The molecule has 0 saturated carbocycles. The monoisotopic (exact) mass is 488 g/mol. The van der Waals surface area contributed by atoms with E-state index in [4.69, 9.17) is 14.2 Å². The molecule has 3 rings (SSSR count). The fourth-order valence-electron chi connectivity index (χ4n) is 3.87. The Hall–Kier alpha value is -2.96. The third-order valence-electron chi connectivity index (χ3n) is 5.74. The highest BCUT2D eigenvalue weighted by Gasteiger charge is 2.18. The van der Waals surface area contributed by atoms with Crippen LogP contribution in [0.25, 0.3) is 0 Å². The highest BCUT2D eigenvalue weighted by Crippen LogP contribution is 2.20. The van der Waals surface area contributed by atoms with Crippen LogP contribution >= 0.6 is 0 Å². The van der Waals surface area contributed by atoms with Crippen LogP contribution in [0.15, 0.2) is 48.5 Å². The first-order valence-electron chi connectivity index (χ1n) is 11.7. The lowest BCUT2D eigenvalue weighted by Gasteiger charge is -2.23. The minimum atomic E-state index is -0.362. The van der Waals surface area contributed by atoms with Crippen molar-refractivity contribution in [2.75, 3.05) is 65.8 Å². The summed E-state index contributed by atoms with van der Waals surface area (Å²) in [6.45, 7) is 6.01. The molecule has 11 nitrogen and oxygen atoms in total. The van der Waals surface area contributed by atoms with E-state index in [2.05, 4.69) is 9.80 Å². The number of ether oxygens (including phenoxy) is 3. The van der Waals surface area contributed by atoms with Crippen molar-refractivity contribution in [2.45, 2.75) is 13.1 Å². The summed E-state index contributed by atoms with van der Waals surface area (Å²) >= 11 is 0. The minimum Gasteiger partial charge on any atom is -0.379 e. The Balaban J connectivity index is 1.59. The van der Waals surface area contributed by atoms with Gasteiger partial charge in [0.25, 0.3) is 11.4 Å². The van der Waals surface area contributed by atoms with Crippen LogP contribution in [0.4, 0.5) is 11.4 Å². The smallest absolute Gasteiger partial charge is 0.273 e. The zero-order valence-electron chi connectivity index (χ0n) is 19.8. The van der Waals surface area contributed by atoms with Crippen LogP contribution in [-0.4, -0.2) is 85.5 Å². The second-order valence-electron chi connectivity index (χ2n) is 8.16. The van der Waals surface area contributed by atoms with Gasteiger partial charge in [-0.3, -0.25) is 30.0 Å². The molecule has 0 radical (unpaired) electrons. The molecule has 0 aliphatic carbocycles. The van der Waals surface area contributed by atoms with E-state index in [1.54, 1.807) is 36.4 Å². The van der Waals surface area contributed by atoms with Crippen LogP contribution in [0.2, 0.25) is 0 Å². The Morgan fingerprint density at radius 3 is 1.31 bits per heavy atom. The average molecular weight is 489 g/mol. The first-order valence-corrected chi connectivity index (χ1v) is 11.7. The molecule has 1 aliphatic rings. The molecule has 1 fully saturated rings. The molecular weight excluding hydrogens is 456 g/mol. The molecule has 1 saturated heterocycles. The van der Waals surface area contributed by atoms with Gasteiger partial charge in [-0.05, 0) is 0 Å². The zero-order chi connectivity index (χ0) is 24.9. The maximum Gasteiger partial charge on any atom is 0.273 e. The number of nitrogens with zero attached hydrogens (tertiary/aromatic N) is 4. The van der Waals surface area contributed by atoms with E-state index in [-0.39, 0.29) is 21.2 Å². The molecule has 0 amide bonds. The van der Waals surface area contributed by atoms with Crippen LogP contribution in [0.5, 0.6) is 0 Å². The molecule has 1 aliphatic heterocycles. The highest BCUT2D eigenvalue weighted by atomic mass is 16.6. The molecule has 190 valence electrons. The van der Waals surface area contributed by atoms with Crippen molar-refractivity contribution < 1.29 is 24.1 Å². The van der Waals surface area contributed by atoms with Crippen LogP contribution in [0.3, 0.4) is 0 Å². The van der Waals surface area contributed by atoms with Crippen molar-refractivity contribution in [2.24, 2.45) is 0 Å². The number of hydrogen-bond acceptors (Lipinski definition) is 9. The molecular formula is C24H32N4O7. The van der Waals surface area contributed by atoms with Crippen LogP contribution < -0.4 is 0 Å². The maximum absolute atomic E-state index is 11.4. The van der Waals surface area contributed by atoms with Crippen molar-refractivity contribution in [3.63, 3.8) is 0 Å². The summed E-state index contributed by atoms with van der Waals surface area (Å²) < 4.78 is 17.2. The normalized spacial score (nSPS) is 17.8. The van der Waals surface area contributed by atoms with Gasteiger partial charge < -0.3 is 14.2 Å². The van der Waals surface area contributed by atoms with Crippen LogP contribution in [0, 0.1) is 20.2 Å². The van der Waals surface area contributed by atoms with Gasteiger partial charge in [-0.1, -0.05) is 36.4 Å². The van der Waals surface area contributed by atoms with Crippen molar-refractivity contribution in [3.8, 4) is 0 Å². The molecule has 0 aromatic heterocycles. The lowest BCUT2D eigenvalue weighted by atomic mass is 10.1. The maximum atomic E-state index is 11.4. The summed E-state index contributed by atoms with van der Waals surface area (Å²) in [5, 5.41) is 22.8. The van der Waals surface area contributed by atoms with E-state index >= 15 is 0 Å². The van der Waals surface area contributed by atoms with Gasteiger partial charge in [0.05, 0.1) is 49.5 Å². The molecule has 2 aromatic carbocycles. The summed E-state index contributed by atoms with van der Waals surface area (Å²) in [4.78, 5) is 26.2. The van der Waals surface area contributed by atoms with Crippen LogP contribution in [-0.2, 0) is 27.3 Å². The Kier molecular flexibility index (Phi) is 11.0. The third kappa shape index (κ3) is 8.96. The molecule has 0 unspecified atom stereocenters. The molecule has 35 heavy (non-hydrogen) atoms. The SMILES string of the molecule is O=[N+]([O-])c1ccccc1CN1CCOCCOCCN(Cc2ccccc2[N+](=O)[O-])CCOCC1. The van der Waals surface area contributed by atoms with E-state index in [0.717, 1.165) is 0 Å². The van der Waals surface area contributed by atoms with E-state index in [0.29, 0.717) is 90.0 Å². The topological polar surface area (TPSA) is 120 Å². The molecule has 0 bridgehead atoms. The van der Waals surface area contributed by atoms with Crippen molar-refractivity contribution in [1.29, 1.82) is 0 Å². The number of benzene rings is 2. The lowest BCUT2D eigenvalue weighted by Crippen LogP contribution is -2.33. The van der Waals surface area contributed by atoms with E-state index in [1.165, 1.54) is 12.1 Å². The van der Waals surface area contributed by atoms with Gasteiger partial charge in [0.2, 0.25) is 0 Å². The van der Waals surface area contributed by atoms with Gasteiger partial charge >= 0.3 is 0 Å². The number of para-hydroxylation sites is 2. The Bertz CT molecular complexity index is 883. The zero-order valence-corrected chi connectivity index (χ0v) is 19.8. The highest BCUT2D eigenvalue weighted by molar-refractivity contribution is 5.40. The summed E-state index contributed by atoms with van der Waals surface area (Å²) in [5.41, 5.74) is 1.50. The minimum absolute atomic E-state index is 0.101. The number of hydrogen-bond donors (Lipinski definition) is 0. The molecule has 11 heteroatoms. The number of nitro benzene ring substituents is 2. The summed E-state index contributed by atoms with van der Waals surface area (Å²) in [5.74, 6) is 0. The lowest BCUT2D eigenvalue weighted by molar-refractivity contribution is -0.385. The van der Waals surface area contributed by atoms with Crippen molar-refractivity contribution in [3.05, 3.63) is 79.9 Å². The van der Waals surface area contributed by atoms with Gasteiger partial charge in [0.15, 0.2) is 0 Å². The second-order valence-corrected chi connectivity index (χ2v) is 8.16.